The van der Waals surface area contributed by atoms with Crippen molar-refractivity contribution in [2.45, 2.75) is 0 Å². The number of nitrogens with zero attached hydrogens (tertiary/aromatic N) is 2. The fraction of sp³-hybridized carbons (Fsp3) is 0.0667. The third-order valence-electron chi connectivity index (χ3n) is 3.41. The van der Waals surface area contributed by atoms with E-state index in [4.69, 9.17) is 4.74 Å². The number of nitro benzene ring substituents is 1. The first kappa shape index (κ1) is 13.7. The van der Waals surface area contributed by atoms with Crippen LogP contribution in [0, 0.1) is 10.1 Å². The fourth-order valence-corrected chi connectivity index (χ4v) is 2.31. The largest absolute Gasteiger partial charge is 0.497 e. The van der Waals surface area contributed by atoms with Crippen molar-refractivity contribution in [2.75, 3.05) is 12.0 Å². The summed E-state index contributed by atoms with van der Waals surface area (Å²) in [7, 11) is 1.51. The number of imide groups is 1. The van der Waals surface area contributed by atoms with Gasteiger partial charge in [0.25, 0.3) is 17.5 Å². The van der Waals surface area contributed by atoms with Crippen LogP contribution >= 0.6 is 0 Å². The molecular formula is C15H10N2O5. The second kappa shape index (κ2) is 4.96. The SMILES string of the molecule is COc1ccc(N2C(=O)c3ccc([N+](=O)[O-])cc3C2=O)cc1. The first-order chi connectivity index (χ1) is 10.5. The molecule has 0 saturated heterocycles. The molecule has 2 amide bonds. The molecule has 7 nitrogen and oxygen atoms in total. The number of rotatable bonds is 3. The molecule has 22 heavy (non-hydrogen) atoms. The number of hydrogen-bond donors (Lipinski definition) is 0. The van der Waals surface area contributed by atoms with Gasteiger partial charge in [0.2, 0.25) is 0 Å². The van der Waals surface area contributed by atoms with Crippen LogP contribution in [0.2, 0.25) is 0 Å². The molecule has 0 unspecified atom stereocenters. The number of carbonyl (C=O) groups is 2. The van der Waals surface area contributed by atoms with Crippen molar-refractivity contribution in [2.24, 2.45) is 0 Å². The maximum atomic E-state index is 12.4. The quantitative estimate of drug-likeness (QED) is 0.493. The summed E-state index contributed by atoms with van der Waals surface area (Å²) in [6.07, 6.45) is 0. The molecule has 0 saturated carbocycles. The zero-order valence-corrected chi connectivity index (χ0v) is 11.5. The van der Waals surface area contributed by atoms with Gasteiger partial charge in [0.1, 0.15) is 5.75 Å². The summed E-state index contributed by atoms with van der Waals surface area (Å²) in [4.78, 5) is 35.9. The van der Waals surface area contributed by atoms with Crippen molar-refractivity contribution in [1.82, 2.24) is 0 Å². The highest BCUT2D eigenvalue weighted by molar-refractivity contribution is 6.34. The van der Waals surface area contributed by atoms with Gasteiger partial charge in [0.15, 0.2) is 0 Å². The summed E-state index contributed by atoms with van der Waals surface area (Å²) >= 11 is 0. The van der Waals surface area contributed by atoms with Gasteiger partial charge in [0.05, 0.1) is 28.8 Å². The van der Waals surface area contributed by atoms with E-state index in [1.165, 1.54) is 19.2 Å². The van der Waals surface area contributed by atoms with Crippen LogP contribution in [0.1, 0.15) is 20.7 Å². The van der Waals surface area contributed by atoms with Crippen LogP contribution < -0.4 is 9.64 Å². The normalized spacial score (nSPS) is 13.2. The lowest BCUT2D eigenvalue weighted by atomic mass is 10.1. The number of ether oxygens (including phenoxy) is 1. The molecule has 0 bridgehead atoms. The van der Waals surface area contributed by atoms with Crippen LogP contribution in [-0.4, -0.2) is 23.8 Å². The molecule has 0 aliphatic carbocycles. The van der Waals surface area contributed by atoms with Gasteiger partial charge in [-0.3, -0.25) is 19.7 Å². The van der Waals surface area contributed by atoms with E-state index in [1.54, 1.807) is 24.3 Å². The van der Waals surface area contributed by atoms with Gasteiger partial charge in [-0.15, -0.1) is 0 Å². The van der Waals surface area contributed by atoms with Crippen LogP contribution in [0.3, 0.4) is 0 Å². The third kappa shape index (κ3) is 1.99. The smallest absolute Gasteiger partial charge is 0.270 e. The predicted octanol–water partition coefficient (Wildman–Crippen LogP) is 2.40. The van der Waals surface area contributed by atoms with E-state index in [9.17, 15) is 19.7 Å². The molecule has 2 aromatic carbocycles. The minimum atomic E-state index is -0.603. The number of carbonyl (C=O) groups excluding carboxylic acids is 2. The van der Waals surface area contributed by atoms with Crippen LogP contribution in [-0.2, 0) is 0 Å². The number of benzene rings is 2. The Morgan fingerprint density at radius 1 is 1.00 bits per heavy atom. The molecular weight excluding hydrogens is 288 g/mol. The third-order valence-corrected chi connectivity index (χ3v) is 3.41. The molecule has 1 heterocycles. The van der Waals surface area contributed by atoms with E-state index in [0.717, 1.165) is 11.0 Å². The van der Waals surface area contributed by atoms with E-state index >= 15 is 0 Å². The van der Waals surface area contributed by atoms with Gasteiger partial charge in [-0.25, -0.2) is 4.90 Å². The number of nitro groups is 1. The maximum Gasteiger partial charge on any atom is 0.270 e. The lowest BCUT2D eigenvalue weighted by Gasteiger charge is -2.14. The van der Waals surface area contributed by atoms with Crippen LogP contribution in [0.5, 0.6) is 5.75 Å². The molecule has 0 radical (unpaired) electrons. The minimum absolute atomic E-state index is 0.0371. The highest BCUT2D eigenvalue weighted by atomic mass is 16.6. The highest BCUT2D eigenvalue weighted by Crippen LogP contribution is 2.31. The lowest BCUT2D eigenvalue weighted by molar-refractivity contribution is -0.384. The van der Waals surface area contributed by atoms with Crippen molar-refractivity contribution in [3.63, 3.8) is 0 Å². The summed E-state index contributed by atoms with van der Waals surface area (Å²) < 4.78 is 5.03. The summed E-state index contributed by atoms with van der Waals surface area (Å²) in [6, 6.07) is 10.0. The molecule has 110 valence electrons. The second-order valence-electron chi connectivity index (χ2n) is 4.63. The van der Waals surface area contributed by atoms with Gasteiger partial charge in [-0.2, -0.15) is 0 Å². The van der Waals surface area contributed by atoms with Gasteiger partial charge in [-0.05, 0) is 30.3 Å². The summed E-state index contributed by atoms with van der Waals surface area (Å²) in [5.41, 5.74) is 0.354. The lowest BCUT2D eigenvalue weighted by Crippen LogP contribution is -2.29. The van der Waals surface area contributed by atoms with Gasteiger partial charge < -0.3 is 4.74 Å². The molecule has 1 aliphatic rings. The number of hydrogen-bond acceptors (Lipinski definition) is 5. The average molecular weight is 298 g/mol. The standard InChI is InChI=1S/C15H10N2O5/c1-22-11-5-2-9(3-6-11)16-14(18)12-7-4-10(17(20)21)8-13(12)15(16)19/h2-8H,1H3. The molecule has 0 N–H and O–H groups in total. The van der Waals surface area contributed by atoms with Crippen molar-refractivity contribution < 1.29 is 19.2 Å². The Labute approximate surface area is 124 Å². The molecule has 0 fully saturated rings. The topological polar surface area (TPSA) is 89.8 Å². The number of anilines is 1. The van der Waals surface area contributed by atoms with Crippen LogP contribution in [0.15, 0.2) is 42.5 Å². The summed E-state index contributed by atoms with van der Waals surface area (Å²) in [6.45, 7) is 0. The molecule has 0 aromatic heterocycles. The molecule has 3 rings (SSSR count). The Morgan fingerprint density at radius 2 is 1.64 bits per heavy atom. The maximum absolute atomic E-state index is 12.4. The number of methoxy groups -OCH3 is 1. The van der Waals surface area contributed by atoms with E-state index in [1.807, 2.05) is 0 Å². The van der Waals surface area contributed by atoms with Crippen LogP contribution in [0.4, 0.5) is 11.4 Å². The van der Waals surface area contributed by atoms with E-state index in [-0.39, 0.29) is 16.8 Å². The Hall–Kier alpha value is -3.22. The predicted molar refractivity (Wildman–Crippen MR) is 77.2 cm³/mol. The average Bonchev–Trinajstić information content (AvgIpc) is 2.78. The minimum Gasteiger partial charge on any atom is -0.497 e. The number of amides is 2. The van der Waals surface area contributed by atoms with Crippen molar-refractivity contribution in [3.05, 3.63) is 63.7 Å². The van der Waals surface area contributed by atoms with E-state index < -0.39 is 16.7 Å². The van der Waals surface area contributed by atoms with Gasteiger partial charge in [-0.1, -0.05) is 0 Å². The Bertz CT molecular complexity index is 798. The van der Waals surface area contributed by atoms with Gasteiger partial charge in [0, 0.05) is 12.1 Å². The monoisotopic (exact) mass is 298 g/mol. The first-order valence-corrected chi connectivity index (χ1v) is 6.34. The zero-order valence-electron chi connectivity index (χ0n) is 11.5. The Kier molecular flexibility index (Phi) is 3.10. The number of fused-ring (bicyclic) bond motifs is 1. The van der Waals surface area contributed by atoms with Crippen molar-refractivity contribution >= 4 is 23.2 Å². The second-order valence-corrected chi connectivity index (χ2v) is 4.63. The summed E-state index contributed by atoms with van der Waals surface area (Å²) in [5.74, 6) is -0.482. The Balaban J connectivity index is 2.03. The first-order valence-electron chi connectivity index (χ1n) is 6.34. The number of non-ortho nitro benzene ring substituents is 1. The van der Waals surface area contributed by atoms with Crippen molar-refractivity contribution in [3.8, 4) is 5.75 Å². The Morgan fingerprint density at radius 3 is 2.23 bits per heavy atom. The van der Waals surface area contributed by atoms with Crippen molar-refractivity contribution in [1.29, 1.82) is 0 Å². The van der Waals surface area contributed by atoms with Gasteiger partial charge >= 0.3 is 0 Å². The molecule has 1 aliphatic heterocycles. The van der Waals surface area contributed by atoms with E-state index in [2.05, 4.69) is 0 Å². The highest BCUT2D eigenvalue weighted by Gasteiger charge is 2.37. The van der Waals surface area contributed by atoms with E-state index in [0.29, 0.717) is 11.4 Å². The van der Waals surface area contributed by atoms with Crippen LogP contribution in [0.25, 0.3) is 0 Å². The molecule has 2 aromatic rings. The zero-order chi connectivity index (χ0) is 15.9. The molecule has 0 atom stereocenters. The molecule has 0 spiro atoms. The summed E-state index contributed by atoms with van der Waals surface area (Å²) in [5, 5.41) is 10.8. The fourth-order valence-electron chi connectivity index (χ4n) is 2.31. The molecule has 7 heteroatoms.